The summed E-state index contributed by atoms with van der Waals surface area (Å²) in [7, 11) is 0. The maximum absolute atomic E-state index is 12.1. The van der Waals surface area contributed by atoms with Gasteiger partial charge in [0.1, 0.15) is 0 Å². The van der Waals surface area contributed by atoms with Crippen LogP contribution in [-0.4, -0.2) is 5.91 Å². The van der Waals surface area contributed by atoms with Crippen LogP contribution in [0.25, 0.3) is 10.1 Å². The highest BCUT2D eigenvalue weighted by Gasteiger charge is 2.06. The molecule has 20 heavy (non-hydrogen) atoms. The van der Waals surface area contributed by atoms with E-state index in [1.54, 1.807) is 35.6 Å². The normalized spacial score (nSPS) is 10.4. The number of fused-ring (bicyclic) bond motifs is 1. The van der Waals surface area contributed by atoms with Crippen LogP contribution < -0.4 is 16.6 Å². The summed E-state index contributed by atoms with van der Waals surface area (Å²) in [6.45, 7) is 0. The largest absolute Gasteiger partial charge is 0.324 e. The Morgan fingerprint density at radius 3 is 2.50 bits per heavy atom. The lowest BCUT2D eigenvalue weighted by Crippen LogP contribution is -2.12. The summed E-state index contributed by atoms with van der Waals surface area (Å²) in [6.07, 6.45) is 0. The quantitative estimate of drug-likeness (QED) is 0.509. The van der Waals surface area contributed by atoms with Gasteiger partial charge in [0.15, 0.2) is 0 Å². The van der Waals surface area contributed by atoms with Gasteiger partial charge in [0, 0.05) is 21.6 Å². The van der Waals surface area contributed by atoms with Crippen molar-refractivity contribution < 1.29 is 4.79 Å². The van der Waals surface area contributed by atoms with Crippen molar-refractivity contribution in [1.82, 2.24) is 0 Å². The molecule has 100 valence electrons. The Morgan fingerprint density at radius 2 is 1.75 bits per heavy atom. The molecule has 1 heterocycles. The third-order valence-electron chi connectivity index (χ3n) is 3.02. The number of hydrogen-bond acceptors (Lipinski definition) is 4. The maximum atomic E-state index is 12.1. The van der Waals surface area contributed by atoms with Gasteiger partial charge in [-0.05, 0) is 59.3 Å². The molecule has 0 aliphatic carbocycles. The molecule has 0 aliphatic rings. The standard InChI is InChI=1S/C15H13N3OS/c16-18-12-3-1-10(2-4-12)15(19)17-13-5-6-14-11(9-13)7-8-20-14/h1-9,18H,16H2,(H,17,19). The average molecular weight is 283 g/mol. The van der Waals surface area contributed by atoms with E-state index in [2.05, 4.69) is 10.7 Å². The van der Waals surface area contributed by atoms with E-state index in [1.807, 2.05) is 29.6 Å². The van der Waals surface area contributed by atoms with Crippen molar-refractivity contribution in [2.45, 2.75) is 0 Å². The first-order valence-electron chi connectivity index (χ1n) is 6.11. The average Bonchev–Trinajstić information content (AvgIpc) is 2.95. The predicted octanol–water partition coefficient (Wildman–Crippen LogP) is 3.44. The number of carbonyl (C=O) groups excluding carboxylic acids is 1. The molecular formula is C15H13N3OS. The molecule has 3 aromatic rings. The second kappa shape index (κ2) is 5.32. The van der Waals surface area contributed by atoms with Gasteiger partial charge in [-0.15, -0.1) is 11.3 Å². The summed E-state index contributed by atoms with van der Waals surface area (Å²) in [5, 5.41) is 6.06. The fourth-order valence-corrected chi connectivity index (χ4v) is 2.74. The topological polar surface area (TPSA) is 67.1 Å². The Kier molecular flexibility index (Phi) is 3.37. The molecule has 3 rings (SSSR count). The lowest BCUT2D eigenvalue weighted by molar-refractivity contribution is 0.102. The molecule has 0 atom stereocenters. The molecule has 1 amide bonds. The van der Waals surface area contributed by atoms with Gasteiger partial charge >= 0.3 is 0 Å². The fourth-order valence-electron chi connectivity index (χ4n) is 1.97. The first-order valence-corrected chi connectivity index (χ1v) is 6.99. The fraction of sp³-hybridized carbons (Fsp3) is 0. The number of thiophene rings is 1. The molecule has 0 saturated carbocycles. The molecule has 0 aliphatic heterocycles. The first kappa shape index (κ1) is 12.7. The van der Waals surface area contributed by atoms with Crippen molar-refractivity contribution in [2.75, 3.05) is 10.7 Å². The summed E-state index contributed by atoms with van der Waals surface area (Å²) in [6, 6.07) is 14.9. The molecule has 0 bridgehead atoms. The van der Waals surface area contributed by atoms with Crippen LogP contribution in [0.4, 0.5) is 11.4 Å². The number of amides is 1. The van der Waals surface area contributed by atoms with Gasteiger partial charge in [-0.2, -0.15) is 0 Å². The number of nitrogens with two attached hydrogens (primary N) is 1. The smallest absolute Gasteiger partial charge is 0.255 e. The van der Waals surface area contributed by atoms with E-state index in [0.29, 0.717) is 5.56 Å². The summed E-state index contributed by atoms with van der Waals surface area (Å²) >= 11 is 1.68. The number of benzene rings is 2. The minimum Gasteiger partial charge on any atom is -0.324 e. The van der Waals surface area contributed by atoms with Crippen LogP contribution in [0.3, 0.4) is 0 Å². The van der Waals surface area contributed by atoms with Gasteiger partial charge in [0.05, 0.1) is 0 Å². The second-order valence-electron chi connectivity index (χ2n) is 4.35. The van der Waals surface area contributed by atoms with Crippen LogP contribution in [0.1, 0.15) is 10.4 Å². The molecule has 1 aromatic heterocycles. The Labute approximate surface area is 120 Å². The van der Waals surface area contributed by atoms with E-state index in [1.165, 1.54) is 4.70 Å². The summed E-state index contributed by atoms with van der Waals surface area (Å²) in [5.41, 5.74) is 4.68. The Morgan fingerprint density at radius 1 is 1.00 bits per heavy atom. The predicted molar refractivity (Wildman–Crippen MR) is 84.0 cm³/mol. The van der Waals surface area contributed by atoms with Gasteiger partial charge in [0.25, 0.3) is 5.91 Å². The van der Waals surface area contributed by atoms with E-state index in [9.17, 15) is 4.79 Å². The van der Waals surface area contributed by atoms with Gasteiger partial charge in [-0.1, -0.05) is 0 Å². The van der Waals surface area contributed by atoms with Crippen molar-refractivity contribution >= 4 is 38.7 Å². The Bertz CT molecular complexity index is 749. The van der Waals surface area contributed by atoms with Crippen LogP contribution in [-0.2, 0) is 0 Å². The molecular weight excluding hydrogens is 270 g/mol. The van der Waals surface area contributed by atoms with E-state index in [4.69, 9.17) is 5.84 Å². The number of anilines is 2. The number of nitrogens with one attached hydrogen (secondary N) is 2. The third kappa shape index (κ3) is 2.49. The summed E-state index contributed by atoms with van der Waals surface area (Å²) < 4.78 is 1.21. The molecule has 0 radical (unpaired) electrons. The third-order valence-corrected chi connectivity index (χ3v) is 3.92. The van der Waals surface area contributed by atoms with Gasteiger partial charge in [-0.3, -0.25) is 10.6 Å². The monoisotopic (exact) mass is 283 g/mol. The van der Waals surface area contributed by atoms with Crippen molar-refractivity contribution in [3.05, 3.63) is 59.5 Å². The summed E-state index contributed by atoms with van der Waals surface area (Å²) in [4.78, 5) is 12.1. The first-order chi connectivity index (χ1) is 9.76. The van der Waals surface area contributed by atoms with E-state index in [0.717, 1.165) is 16.8 Å². The Balaban J connectivity index is 1.80. The van der Waals surface area contributed by atoms with Crippen LogP contribution in [0, 0.1) is 0 Å². The van der Waals surface area contributed by atoms with Crippen molar-refractivity contribution in [3.8, 4) is 0 Å². The molecule has 0 fully saturated rings. The number of hydrazine groups is 1. The number of rotatable bonds is 3. The minimum atomic E-state index is -0.136. The molecule has 0 spiro atoms. The molecule has 5 heteroatoms. The number of hydrogen-bond donors (Lipinski definition) is 3. The molecule has 4 N–H and O–H groups in total. The van der Waals surface area contributed by atoms with Crippen LogP contribution in [0.15, 0.2) is 53.9 Å². The molecule has 0 unspecified atom stereocenters. The summed E-state index contributed by atoms with van der Waals surface area (Å²) in [5.74, 6) is 5.16. The zero-order valence-corrected chi connectivity index (χ0v) is 11.4. The van der Waals surface area contributed by atoms with Crippen molar-refractivity contribution in [1.29, 1.82) is 0 Å². The van der Waals surface area contributed by atoms with E-state index >= 15 is 0 Å². The lowest BCUT2D eigenvalue weighted by atomic mass is 10.2. The maximum Gasteiger partial charge on any atom is 0.255 e. The molecule has 4 nitrogen and oxygen atoms in total. The van der Waals surface area contributed by atoms with Crippen LogP contribution >= 0.6 is 11.3 Å². The lowest BCUT2D eigenvalue weighted by Gasteiger charge is -2.06. The van der Waals surface area contributed by atoms with E-state index < -0.39 is 0 Å². The van der Waals surface area contributed by atoms with Crippen LogP contribution in [0.2, 0.25) is 0 Å². The SMILES string of the molecule is NNc1ccc(C(=O)Nc2ccc3sccc3c2)cc1. The highest BCUT2D eigenvalue weighted by molar-refractivity contribution is 7.17. The van der Waals surface area contributed by atoms with Gasteiger partial charge in [0.2, 0.25) is 0 Å². The van der Waals surface area contributed by atoms with Gasteiger partial charge < -0.3 is 10.7 Å². The van der Waals surface area contributed by atoms with E-state index in [-0.39, 0.29) is 5.91 Å². The Hall–Kier alpha value is -2.37. The van der Waals surface area contributed by atoms with Gasteiger partial charge in [-0.25, -0.2) is 0 Å². The number of nitrogen functional groups attached to an aromatic ring is 1. The van der Waals surface area contributed by atoms with Crippen molar-refractivity contribution in [2.24, 2.45) is 5.84 Å². The molecule has 2 aromatic carbocycles. The highest BCUT2D eigenvalue weighted by Crippen LogP contribution is 2.24. The zero-order chi connectivity index (χ0) is 13.9. The molecule has 0 saturated heterocycles. The van der Waals surface area contributed by atoms with Crippen molar-refractivity contribution in [3.63, 3.8) is 0 Å². The minimum absolute atomic E-state index is 0.136. The van der Waals surface area contributed by atoms with Crippen LogP contribution in [0.5, 0.6) is 0 Å². The second-order valence-corrected chi connectivity index (χ2v) is 5.30. The zero-order valence-electron chi connectivity index (χ0n) is 10.6. The number of carbonyl (C=O) groups is 1. The highest BCUT2D eigenvalue weighted by atomic mass is 32.1.